The molecule has 0 aromatic heterocycles. The second-order valence-electron chi connectivity index (χ2n) is 6.76. The van der Waals surface area contributed by atoms with Crippen molar-refractivity contribution >= 4 is 5.91 Å². The van der Waals surface area contributed by atoms with E-state index < -0.39 is 0 Å². The standard InChI is InChI=1S/C22H28N2O2/c1-2-18-10-12-19(13-11-18)21(24-14-6-7-15-24)16-23-22(25)17-26-20-8-4-3-5-9-20/h3-5,8-13,21H,2,6-7,14-17H2,1H3,(H,23,25)/t21-/m1/s1. The smallest absolute Gasteiger partial charge is 0.258 e. The van der Waals surface area contributed by atoms with Crippen LogP contribution in [-0.2, 0) is 11.2 Å². The molecule has 1 amide bonds. The van der Waals surface area contributed by atoms with Gasteiger partial charge < -0.3 is 10.1 Å². The van der Waals surface area contributed by atoms with Crippen LogP contribution in [0.25, 0.3) is 0 Å². The molecule has 4 heteroatoms. The van der Waals surface area contributed by atoms with Crippen LogP contribution >= 0.6 is 0 Å². The Kier molecular flexibility index (Phi) is 6.67. The van der Waals surface area contributed by atoms with Gasteiger partial charge in [-0.2, -0.15) is 0 Å². The molecule has 0 aliphatic carbocycles. The van der Waals surface area contributed by atoms with Crippen LogP contribution in [0.3, 0.4) is 0 Å². The highest BCUT2D eigenvalue weighted by atomic mass is 16.5. The fourth-order valence-corrected chi connectivity index (χ4v) is 3.41. The zero-order valence-corrected chi connectivity index (χ0v) is 15.5. The second kappa shape index (κ2) is 9.39. The zero-order chi connectivity index (χ0) is 18.2. The quantitative estimate of drug-likeness (QED) is 0.789. The Morgan fingerprint density at radius 3 is 2.42 bits per heavy atom. The minimum absolute atomic E-state index is 0.0471. The van der Waals surface area contributed by atoms with Crippen molar-refractivity contribution in [3.05, 3.63) is 65.7 Å². The van der Waals surface area contributed by atoms with E-state index in [2.05, 4.69) is 41.4 Å². The summed E-state index contributed by atoms with van der Waals surface area (Å²) in [6.07, 6.45) is 3.51. The maximum Gasteiger partial charge on any atom is 0.258 e. The van der Waals surface area contributed by atoms with E-state index in [0.717, 1.165) is 19.5 Å². The summed E-state index contributed by atoms with van der Waals surface area (Å²) in [5.74, 6) is 0.636. The maximum absolute atomic E-state index is 12.2. The van der Waals surface area contributed by atoms with Crippen LogP contribution in [-0.4, -0.2) is 37.0 Å². The molecule has 0 saturated carbocycles. The lowest BCUT2D eigenvalue weighted by atomic mass is 10.0. The van der Waals surface area contributed by atoms with Gasteiger partial charge in [-0.05, 0) is 55.6 Å². The molecule has 1 aliphatic rings. The lowest BCUT2D eigenvalue weighted by molar-refractivity contribution is -0.123. The summed E-state index contributed by atoms with van der Waals surface area (Å²) < 4.78 is 5.54. The van der Waals surface area contributed by atoms with E-state index in [0.29, 0.717) is 12.3 Å². The molecular formula is C22H28N2O2. The van der Waals surface area contributed by atoms with Gasteiger partial charge >= 0.3 is 0 Å². The predicted molar refractivity (Wildman–Crippen MR) is 104 cm³/mol. The lowest BCUT2D eigenvalue weighted by Crippen LogP contribution is -2.38. The Labute approximate surface area is 156 Å². The van der Waals surface area contributed by atoms with E-state index in [-0.39, 0.29) is 18.6 Å². The van der Waals surface area contributed by atoms with Gasteiger partial charge in [-0.15, -0.1) is 0 Å². The van der Waals surface area contributed by atoms with Crippen LogP contribution in [0, 0.1) is 0 Å². The molecule has 2 aromatic rings. The average molecular weight is 352 g/mol. The summed E-state index contributed by atoms with van der Waals surface area (Å²) in [7, 11) is 0. The molecule has 1 saturated heterocycles. The van der Waals surface area contributed by atoms with E-state index in [1.54, 1.807) is 0 Å². The van der Waals surface area contributed by atoms with Crippen molar-refractivity contribution in [2.24, 2.45) is 0 Å². The second-order valence-corrected chi connectivity index (χ2v) is 6.76. The molecule has 0 unspecified atom stereocenters. The molecule has 0 spiro atoms. The number of carbonyl (C=O) groups is 1. The molecule has 3 rings (SSSR count). The first-order valence-electron chi connectivity index (χ1n) is 9.53. The third kappa shape index (κ3) is 5.09. The molecule has 4 nitrogen and oxygen atoms in total. The minimum Gasteiger partial charge on any atom is -0.484 e. The third-order valence-electron chi connectivity index (χ3n) is 4.96. The topological polar surface area (TPSA) is 41.6 Å². The molecule has 1 heterocycles. The molecule has 1 N–H and O–H groups in total. The normalized spacial score (nSPS) is 15.6. The number of ether oxygens (including phenoxy) is 1. The van der Waals surface area contributed by atoms with Gasteiger partial charge in [0.15, 0.2) is 6.61 Å². The fourth-order valence-electron chi connectivity index (χ4n) is 3.41. The first-order chi connectivity index (χ1) is 12.8. The third-order valence-corrected chi connectivity index (χ3v) is 4.96. The number of para-hydroxylation sites is 1. The van der Waals surface area contributed by atoms with Crippen molar-refractivity contribution in [3.8, 4) is 5.75 Å². The van der Waals surface area contributed by atoms with E-state index in [4.69, 9.17) is 4.74 Å². The number of hydrogen-bond acceptors (Lipinski definition) is 3. The molecule has 0 radical (unpaired) electrons. The Balaban J connectivity index is 1.57. The van der Waals surface area contributed by atoms with Crippen molar-refractivity contribution in [2.45, 2.75) is 32.2 Å². The zero-order valence-electron chi connectivity index (χ0n) is 15.5. The SMILES string of the molecule is CCc1ccc([C@@H](CNC(=O)COc2ccccc2)N2CCCC2)cc1. The van der Waals surface area contributed by atoms with E-state index in [1.807, 2.05) is 30.3 Å². The van der Waals surface area contributed by atoms with Crippen molar-refractivity contribution in [1.29, 1.82) is 0 Å². The van der Waals surface area contributed by atoms with E-state index >= 15 is 0 Å². The van der Waals surface area contributed by atoms with Crippen molar-refractivity contribution < 1.29 is 9.53 Å². The molecule has 2 aromatic carbocycles. The Morgan fingerprint density at radius 1 is 1.08 bits per heavy atom. The van der Waals surface area contributed by atoms with Gasteiger partial charge in [0.2, 0.25) is 0 Å². The van der Waals surface area contributed by atoms with E-state index in [1.165, 1.54) is 24.0 Å². The molecule has 1 atom stereocenters. The van der Waals surface area contributed by atoms with Gasteiger partial charge in [0.1, 0.15) is 5.75 Å². The van der Waals surface area contributed by atoms with Crippen molar-refractivity contribution in [1.82, 2.24) is 10.2 Å². The van der Waals surface area contributed by atoms with Crippen LogP contribution in [0.15, 0.2) is 54.6 Å². The first kappa shape index (κ1) is 18.5. The van der Waals surface area contributed by atoms with Crippen molar-refractivity contribution in [3.63, 3.8) is 0 Å². The number of likely N-dealkylation sites (tertiary alicyclic amines) is 1. The molecule has 1 aliphatic heterocycles. The Morgan fingerprint density at radius 2 is 1.77 bits per heavy atom. The van der Waals surface area contributed by atoms with Gasteiger partial charge in [-0.1, -0.05) is 49.4 Å². The molecule has 1 fully saturated rings. The number of hydrogen-bond donors (Lipinski definition) is 1. The summed E-state index contributed by atoms with van der Waals surface area (Å²) in [5, 5.41) is 3.05. The average Bonchev–Trinajstić information content (AvgIpc) is 3.22. The number of rotatable bonds is 8. The Bertz CT molecular complexity index is 679. The van der Waals surface area contributed by atoms with Crippen LogP contribution in [0.2, 0.25) is 0 Å². The summed E-state index contributed by atoms with van der Waals surface area (Å²) in [5.41, 5.74) is 2.61. The summed E-state index contributed by atoms with van der Waals surface area (Å²) in [4.78, 5) is 14.7. The largest absolute Gasteiger partial charge is 0.484 e. The monoisotopic (exact) mass is 352 g/mol. The minimum atomic E-state index is -0.0803. The number of amides is 1. The highest BCUT2D eigenvalue weighted by molar-refractivity contribution is 5.77. The van der Waals surface area contributed by atoms with Crippen LogP contribution in [0.4, 0.5) is 0 Å². The molecule has 138 valence electrons. The number of nitrogens with zero attached hydrogens (tertiary/aromatic N) is 1. The summed E-state index contributed by atoms with van der Waals surface area (Å²) in [6.45, 7) is 5.01. The summed E-state index contributed by atoms with van der Waals surface area (Å²) >= 11 is 0. The summed E-state index contributed by atoms with van der Waals surface area (Å²) in [6, 6.07) is 18.5. The van der Waals surface area contributed by atoms with Gasteiger partial charge in [0.25, 0.3) is 5.91 Å². The van der Waals surface area contributed by atoms with Gasteiger partial charge in [-0.3, -0.25) is 9.69 Å². The highest BCUT2D eigenvalue weighted by Gasteiger charge is 2.24. The first-order valence-corrected chi connectivity index (χ1v) is 9.53. The molecule has 26 heavy (non-hydrogen) atoms. The van der Waals surface area contributed by atoms with Crippen LogP contribution in [0.1, 0.15) is 36.9 Å². The van der Waals surface area contributed by atoms with Crippen molar-refractivity contribution in [2.75, 3.05) is 26.2 Å². The lowest BCUT2D eigenvalue weighted by Gasteiger charge is -2.28. The number of benzene rings is 2. The highest BCUT2D eigenvalue weighted by Crippen LogP contribution is 2.25. The van der Waals surface area contributed by atoms with Crippen LogP contribution < -0.4 is 10.1 Å². The van der Waals surface area contributed by atoms with Gasteiger partial charge in [-0.25, -0.2) is 0 Å². The number of carbonyl (C=O) groups excluding carboxylic acids is 1. The number of nitrogens with one attached hydrogen (secondary N) is 1. The number of aryl methyl sites for hydroxylation is 1. The fraction of sp³-hybridized carbons (Fsp3) is 0.409. The Hall–Kier alpha value is -2.33. The predicted octanol–water partition coefficient (Wildman–Crippen LogP) is 3.58. The molecular weight excluding hydrogens is 324 g/mol. The molecule has 0 bridgehead atoms. The van der Waals surface area contributed by atoms with Gasteiger partial charge in [0, 0.05) is 6.54 Å². The van der Waals surface area contributed by atoms with E-state index in [9.17, 15) is 4.79 Å². The maximum atomic E-state index is 12.2. The van der Waals surface area contributed by atoms with Crippen LogP contribution in [0.5, 0.6) is 5.75 Å². The van der Waals surface area contributed by atoms with Gasteiger partial charge in [0.05, 0.1) is 6.04 Å².